The lowest BCUT2D eigenvalue weighted by molar-refractivity contribution is -0.114. The molecule has 0 bridgehead atoms. The summed E-state index contributed by atoms with van der Waals surface area (Å²) in [5.41, 5.74) is 3.11. The first kappa shape index (κ1) is 22.6. The molecule has 3 rings (SSSR count). The Morgan fingerprint density at radius 3 is 2.42 bits per heavy atom. The number of carboxylic acid groups (broad SMARTS) is 1. The van der Waals surface area contributed by atoms with E-state index in [-0.39, 0.29) is 11.5 Å². The van der Waals surface area contributed by atoms with Crippen molar-refractivity contribution in [2.24, 2.45) is 0 Å². The summed E-state index contributed by atoms with van der Waals surface area (Å²) >= 11 is -1.24. The molecular formula is C21H21N3O5S2. The highest BCUT2D eigenvalue weighted by atomic mass is 32.2. The molecule has 0 aliphatic carbocycles. The summed E-state index contributed by atoms with van der Waals surface area (Å²) in [6.07, 6.45) is 1.20. The molecule has 1 heterocycles. The first-order chi connectivity index (χ1) is 14.8. The summed E-state index contributed by atoms with van der Waals surface area (Å²) < 4.78 is 23.6. The van der Waals surface area contributed by atoms with Gasteiger partial charge in [0.05, 0.1) is 16.9 Å². The molecule has 3 N–H and O–H groups in total. The molecule has 0 saturated heterocycles. The van der Waals surface area contributed by atoms with Gasteiger partial charge in [-0.3, -0.25) is 9.35 Å². The van der Waals surface area contributed by atoms with E-state index in [1.807, 2.05) is 12.1 Å². The average Bonchev–Trinajstić information content (AvgIpc) is 3.06. The van der Waals surface area contributed by atoms with Gasteiger partial charge >= 0.3 is 5.97 Å². The fourth-order valence-electron chi connectivity index (χ4n) is 3.06. The quantitative estimate of drug-likeness (QED) is 0.435. The zero-order valence-corrected chi connectivity index (χ0v) is 18.5. The van der Waals surface area contributed by atoms with Crippen molar-refractivity contribution < 1.29 is 23.5 Å². The number of anilines is 3. The molecule has 1 aromatic heterocycles. The molecule has 8 nitrogen and oxygen atoms in total. The van der Waals surface area contributed by atoms with Crippen LogP contribution in [0.3, 0.4) is 0 Å². The first-order valence-corrected chi connectivity index (χ1v) is 11.2. The number of hydrogen-bond acceptors (Lipinski definition) is 5. The topological polar surface area (TPSA) is 120 Å². The SMILES string of the molecule is CC(=O)Nc1nc(C)c(N(c2ccccc2CCc2ccc(C(=O)O)cc2)S(=O)O)s1. The molecule has 1 amide bonds. The number of rotatable bonds is 8. The minimum Gasteiger partial charge on any atom is -0.478 e. The van der Waals surface area contributed by atoms with E-state index in [0.717, 1.165) is 22.5 Å². The van der Waals surface area contributed by atoms with Crippen LogP contribution < -0.4 is 9.62 Å². The number of carboxylic acids is 1. The highest BCUT2D eigenvalue weighted by molar-refractivity contribution is 7.81. The van der Waals surface area contributed by atoms with E-state index in [1.54, 1.807) is 43.3 Å². The van der Waals surface area contributed by atoms with E-state index < -0.39 is 17.2 Å². The Morgan fingerprint density at radius 1 is 1.13 bits per heavy atom. The number of carbonyl (C=O) groups is 2. The molecule has 3 aromatic rings. The summed E-state index contributed by atoms with van der Waals surface area (Å²) in [5.74, 6) is -1.25. The Morgan fingerprint density at radius 2 is 1.81 bits per heavy atom. The fraction of sp³-hybridized carbons (Fsp3) is 0.190. The Balaban J connectivity index is 1.89. The largest absolute Gasteiger partial charge is 0.478 e. The highest BCUT2D eigenvalue weighted by Gasteiger charge is 2.23. The fourth-order valence-corrected chi connectivity index (χ4v) is 4.92. The van der Waals surface area contributed by atoms with Crippen LogP contribution in [0.15, 0.2) is 48.5 Å². The number of aromatic nitrogens is 1. The second-order valence-corrected chi connectivity index (χ2v) is 8.55. The maximum absolute atomic E-state index is 12.3. The van der Waals surface area contributed by atoms with E-state index in [2.05, 4.69) is 10.3 Å². The van der Waals surface area contributed by atoms with Crippen molar-refractivity contribution in [3.8, 4) is 0 Å². The average molecular weight is 460 g/mol. The summed E-state index contributed by atoms with van der Waals surface area (Å²) in [7, 11) is 0. The third kappa shape index (κ3) is 5.54. The van der Waals surface area contributed by atoms with Gasteiger partial charge in [0.1, 0.15) is 5.00 Å². The van der Waals surface area contributed by atoms with Gasteiger partial charge in [-0.2, -0.15) is 0 Å². The standard InChI is InChI=1S/C21H21N3O5S2/c1-13-19(30-21(22-13)23-14(2)25)24(31(28)29)18-6-4-3-5-16(18)10-7-15-8-11-17(12-9-15)20(26)27/h3-6,8-9,11-12H,7,10H2,1-2H3,(H,26,27)(H,28,29)(H,22,23,25). The van der Waals surface area contributed by atoms with Crippen molar-refractivity contribution in [1.82, 2.24) is 4.98 Å². The van der Waals surface area contributed by atoms with E-state index >= 15 is 0 Å². The molecule has 2 aromatic carbocycles. The van der Waals surface area contributed by atoms with Gasteiger partial charge in [0, 0.05) is 6.92 Å². The molecule has 0 aliphatic rings. The van der Waals surface area contributed by atoms with Gasteiger partial charge < -0.3 is 10.4 Å². The van der Waals surface area contributed by atoms with Crippen molar-refractivity contribution in [1.29, 1.82) is 0 Å². The normalized spacial score (nSPS) is 11.7. The minimum atomic E-state index is -2.36. The molecule has 0 aliphatic heterocycles. The second kappa shape index (κ2) is 9.82. The molecule has 162 valence electrons. The van der Waals surface area contributed by atoms with E-state index in [9.17, 15) is 18.4 Å². The van der Waals surface area contributed by atoms with Crippen LogP contribution in [0, 0.1) is 6.92 Å². The number of nitrogens with zero attached hydrogens (tertiary/aromatic N) is 2. The summed E-state index contributed by atoms with van der Waals surface area (Å²) in [6.45, 7) is 3.08. The van der Waals surface area contributed by atoms with Crippen LogP contribution in [0.1, 0.15) is 34.1 Å². The Hall–Kier alpha value is -3.08. The molecule has 31 heavy (non-hydrogen) atoms. The van der Waals surface area contributed by atoms with Crippen LogP contribution in [-0.2, 0) is 28.9 Å². The van der Waals surface area contributed by atoms with Crippen LogP contribution in [0.25, 0.3) is 0 Å². The smallest absolute Gasteiger partial charge is 0.335 e. The van der Waals surface area contributed by atoms with E-state index in [1.165, 1.54) is 11.2 Å². The number of nitrogens with one attached hydrogen (secondary N) is 1. The highest BCUT2D eigenvalue weighted by Crippen LogP contribution is 2.38. The number of benzene rings is 2. The number of aromatic carboxylic acids is 1. The first-order valence-electron chi connectivity index (χ1n) is 9.32. The third-order valence-electron chi connectivity index (χ3n) is 4.49. The van der Waals surface area contributed by atoms with Gasteiger partial charge in [-0.1, -0.05) is 41.7 Å². The molecule has 0 fully saturated rings. The van der Waals surface area contributed by atoms with Crippen LogP contribution in [0.5, 0.6) is 0 Å². The van der Waals surface area contributed by atoms with Gasteiger partial charge in [-0.25, -0.2) is 18.3 Å². The molecule has 1 atom stereocenters. The van der Waals surface area contributed by atoms with Crippen LogP contribution in [-0.4, -0.2) is 30.7 Å². The van der Waals surface area contributed by atoms with Gasteiger partial charge in [-0.05, 0) is 49.1 Å². The molecule has 0 spiro atoms. The lowest BCUT2D eigenvalue weighted by Crippen LogP contribution is -2.20. The maximum Gasteiger partial charge on any atom is 0.335 e. The van der Waals surface area contributed by atoms with Gasteiger partial charge in [0.25, 0.3) is 11.3 Å². The molecular weight excluding hydrogens is 438 g/mol. The molecule has 10 heteroatoms. The monoisotopic (exact) mass is 459 g/mol. The Labute approximate surface area is 186 Å². The molecule has 0 saturated carbocycles. The number of thiazole rings is 1. The Bertz CT molecular complexity index is 1130. The second-order valence-electron chi connectivity index (χ2n) is 6.75. The lowest BCUT2D eigenvalue weighted by Gasteiger charge is -2.21. The molecule has 1 unspecified atom stereocenters. The summed E-state index contributed by atoms with van der Waals surface area (Å²) in [4.78, 5) is 26.6. The zero-order chi connectivity index (χ0) is 22.5. The van der Waals surface area contributed by atoms with Crippen LogP contribution in [0.2, 0.25) is 0 Å². The van der Waals surface area contributed by atoms with E-state index in [0.29, 0.717) is 34.4 Å². The summed E-state index contributed by atoms with van der Waals surface area (Å²) in [5, 5.41) is 12.4. The van der Waals surface area contributed by atoms with Crippen LogP contribution in [0.4, 0.5) is 15.8 Å². The van der Waals surface area contributed by atoms with Crippen molar-refractivity contribution in [2.75, 3.05) is 9.62 Å². The maximum atomic E-state index is 12.3. The zero-order valence-electron chi connectivity index (χ0n) is 16.9. The number of hydrogen-bond donors (Lipinski definition) is 3. The van der Waals surface area contributed by atoms with Crippen molar-refractivity contribution in [2.45, 2.75) is 26.7 Å². The van der Waals surface area contributed by atoms with Gasteiger partial charge in [0.15, 0.2) is 5.13 Å². The number of amides is 1. The van der Waals surface area contributed by atoms with E-state index in [4.69, 9.17) is 5.11 Å². The van der Waals surface area contributed by atoms with Crippen molar-refractivity contribution >= 4 is 50.3 Å². The minimum absolute atomic E-state index is 0.224. The number of carbonyl (C=O) groups excluding carboxylic acids is 1. The predicted octanol–water partition coefficient (Wildman–Crippen LogP) is 4.17. The van der Waals surface area contributed by atoms with Crippen LogP contribution >= 0.6 is 11.3 Å². The third-order valence-corrected chi connectivity index (χ3v) is 6.36. The van der Waals surface area contributed by atoms with Gasteiger partial charge in [0.2, 0.25) is 5.91 Å². The Kier molecular flexibility index (Phi) is 7.16. The van der Waals surface area contributed by atoms with Crippen molar-refractivity contribution in [3.63, 3.8) is 0 Å². The summed E-state index contributed by atoms with van der Waals surface area (Å²) in [6, 6.07) is 13.9. The van der Waals surface area contributed by atoms with Gasteiger partial charge in [-0.15, -0.1) is 0 Å². The lowest BCUT2D eigenvalue weighted by atomic mass is 10.0. The predicted molar refractivity (Wildman–Crippen MR) is 121 cm³/mol. The van der Waals surface area contributed by atoms with Crippen molar-refractivity contribution in [3.05, 3.63) is 70.9 Å². The molecule has 0 radical (unpaired) electrons. The number of aryl methyl sites for hydroxylation is 3. The number of para-hydroxylation sites is 1.